The molecule has 2 N–H and O–H groups in total. The average Bonchev–Trinajstić information content (AvgIpc) is 3.20. The highest BCUT2D eigenvalue weighted by atomic mass is 32.2. The zero-order valence-corrected chi connectivity index (χ0v) is 16.5. The van der Waals surface area contributed by atoms with E-state index in [1.165, 1.54) is 0 Å². The van der Waals surface area contributed by atoms with E-state index < -0.39 is 21.2 Å². The van der Waals surface area contributed by atoms with Gasteiger partial charge in [0.2, 0.25) is 0 Å². The Labute approximate surface area is 159 Å². The number of hydrogen-bond donors (Lipinski definition) is 2. The van der Waals surface area contributed by atoms with Gasteiger partial charge in [0, 0.05) is 13.1 Å². The molecule has 2 aliphatic rings. The minimum atomic E-state index is -3.25. The van der Waals surface area contributed by atoms with E-state index in [0.29, 0.717) is 13.0 Å². The first-order valence-electron chi connectivity index (χ1n) is 9.31. The third kappa shape index (κ3) is 3.54. The van der Waals surface area contributed by atoms with E-state index in [-0.39, 0.29) is 35.2 Å². The van der Waals surface area contributed by atoms with Crippen molar-refractivity contribution in [3.8, 4) is 0 Å². The molecule has 1 saturated carbocycles. The van der Waals surface area contributed by atoms with Crippen molar-refractivity contribution in [1.29, 1.82) is 0 Å². The van der Waals surface area contributed by atoms with Crippen LogP contribution < -0.4 is 5.32 Å². The van der Waals surface area contributed by atoms with Gasteiger partial charge in [-0.1, -0.05) is 25.5 Å². The van der Waals surface area contributed by atoms with E-state index in [0.717, 1.165) is 18.4 Å². The number of nitrogens with zero attached hydrogens (tertiary/aromatic N) is 1. The predicted octanol–water partition coefficient (Wildman–Crippen LogP) is 2.44. The number of nitrogens with one attached hydrogen (secondary N) is 1. The Morgan fingerprint density at radius 3 is 2.56 bits per heavy atom. The molecule has 27 heavy (non-hydrogen) atoms. The van der Waals surface area contributed by atoms with Crippen molar-refractivity contribution in [2.45, 2.75) is 44.0 Å². The Hall–Kier alpha value is -2.09. The topological polar surface area (TPSA) is 104 Å². The number of carboxylic acid groups (broad SMARTS) is 1. The lowest BCUT2D eigenvalue weighted by Crippen LogP contribution is -2.42. The minimum Gasteiger partial charge on any atom is -0.481 e. The number of urea groups is 1. The summed E-state index contributed by atoms with van der Waals surface area (Å²) in [7, 11) is -3.25. The van der Waals surface area contributed by atoms with Gasteiger partial charge in [-0.25, -0.2) is 13.2 Å². The van der Waals surface area contributed by atoms with Crippen LogP contribution in [0.4, 0.5) is 4.79 Å². The van der Waals surface area contributed by atoms with Crippen LogP contribution >= 0.6 is 0 Å². The van der Waals surface area contributed by atoms with Gasteiger partial charge in [-0.3, -0.25) is 4.79 Å². The highest BCUT2D eigenvalue weighted by molar-refractivity contribution is 7.91. The van der Waals surface area contributed by atoms with Crippen molar-refractivity contribution >= 4 is 21.8 Å². The molecule has 8 heteroatoms. The van der Waals surface area contributed by atoms with Crippen LogP contribution in [-0.2, 0) is 14.6 Å². The van der Waals surface area contributed by atoms with Gasteiger partial charge in [0.25, 0.3) is 0 Å². The molecule has 1 saturated heterocycles. The molecule has 0 bridgehead atoms. The van der Waals surface area contributed by atoms with Crippen molar-refractivity contribution in [2.75, 3.05) is 18.8 Å². The van der Waals surface area contributed by atoms with Crippen LogP contribution in [0.3, 0.4) is 0 Å². The third-order valence-corrected chi connectivity index (χ3v) is 7.79. The number of carbonyl (C=O) groups is 2. The second-order valence-electron chi connectivity index (χ2n) is 7.57. The van der Waals surface area contributed by atoms with E-state index in [9.17, 15) is 23.1 Å². The van der Waals surface area contributed by atoms with Crippen molar-refractivity contribution in [2.24, 2.45) is 11.3 Å². The Bertz CT molecular complexity index is 836. The number of carboxylic acids is 1. The van der Waals surface area contributed by atoms with Crippen LogP contribution in [-0.4, -0.2) is 49.3 Å². The molecule has 148 valence electrons. The lowest BCUT2D eigenvalue weighted by atomic mass is 9.81. The van der Waals surface area contributed by atoms with Gasteiger partial charge in [-0.05, 0) is 43.4 Å². The van der Waals surface area contributed by atoms with Gasteiger partial charge in [0.1, 0.15) is 0 Å². The average molecular weight is 394 g/mol. The summed E-state index contributed by atoms with van der Waals surface area (Å²) in [5, 5.41) is 12.5. The van der Waals surface area contributed by atoms with Crippen LogP contribution in [0, 0.1) is 11.3 Å². The van der Waals surface area contributed by atoms with Crippen LogP contribution in [0.2, 0.25) is 0 Å². The molecule has 1 heterocycles. The quantitative estimate of drug-likeness (QED) is 0.798. The van der Waals surface area contributed by atoms with Crippen molar-refractivity contribution in [3.05, 3.63) is 29.8 Å². The third-order valence-electron chi connectivity index (χ3n) is 6.04. The highest BCUT2D eigenvalue weighted by Gasteiger charge is 2.55. The summed E-state index contributed by atoms with van der Waals surface area (Å²) >= 11 is 0. The second kappa shape index (κ2) is 7.14. The maximum atomic E-state index is 12.6. The number of rotatable bonds is 5. The Morgan fingerprint density at radius 2 is 2.00 bits per heavy atom. The van der Waals surface area contributed by atoms with E-state index in [1.807, 2.05) is 6.92 Å². The molecule has 1 aliphatic carbocycles. The van der Waals surface area contributed by atoms with Crippen molar-refractivity contribution in [1.82, 2.24) is 10.2 Å². The largest absolute Gasteiger partial charge is 0.481 e. The molecule has 0 radical (unpaired) electrons. The number of likely N-dealkylation sites (tertiary alicyclic amines) is 1. The fourth-order valence-corrected chi connectivity index (χ4v) is 5.17. The molecule has 0 aromatic heterocycles. The Morgan fingerprint density at radius 1 is 1.33 bits per heavy atom. The van der Waals surface area contributed by atoms with E-state index in [2.05, 4.69) is 5.32 Å². The number of amides is 2. The first-order chi connectivity index (χ1) is 12.7. The summed E-state index contributed by atoms with van der Waals surface area (Å²) in [6.45, 7) is 4.14. The molecule has 7 nitrogen and oxygen atoms in total. The Balaban J connectivity index is 1.66. The fraction of sp³-hybridized carbons (Fsp3) is 0.579. The number of benzene rings is 1. The van der Waals surface area contributed by atoms with Gasteiger partial charge < -0.3 is 15.3 Å². The normalized spacial score (nSPS) is 25.9. The maximum absolute atomic E-state index is 12.6. The monoisotopic (exact) mass is 394 g/mol. The van der Waals surface area contributed by atoms with Gasteiger partial charge in [0.15, 0.2) is 9.84 Å². The number of hydrogen-bond acceptors (Lipinski definition) is 4. The van der Waals surface area contributed by atoms with Crippen LogP contribution in [0.25, 0.3) is 0 Å². The molecular formula is C19H26N2O5S. The molecule has 3 rings (SSSR count). The van der Waals surface area contributed by atoms with Gasteiger partial charge in [-0.15, -0.1) is 0 Å². The summed E-state index contributed by atoms with van der Waals surface area (Å²) in [5.74, 6) is -0.740. The zero-order valence-electron chi connectivity index (χ0n) is 15.6. The lowest BCUT2D eigenvalue weighted by Gasteiger charge is -2.24. The Kier molecular flexibility index (Phi) is 5.20. The van der Waals surface area contributed by atoms with E-state index in [1.54, 1.807) is 36.1 Å². The summed E-state index contributed by atoms with van der Waals surface area (Å²) in [6, 6.07) is 5.92. The van der Waals surface area contributed by atoms with Crippen LogP contribution in [0.1, 0.15) is 44.7 Å². The van der Waals surface area contributed by atoms with E-state index >= 15 is 0 Å². The van der Waals surface area contributed by atoms with Crippen molar-refractivity contribution < 1.29 is 23.1 Å². The van der Waals surface area contributed by atoms with Gasteiger partial charge in [0.05, 0.1) is 22.1 Å². The number of fused-ring (bicyclic) bond motifs is 1. The lowest BCUT2D eigenvalue weighted by molar-refractivity contribution is -0.149. The summed E-state index contributed by atoms with van der Waals surface area (Å²) in [6.07, 6.45) is 2.37. The summed E-state index contributed by atoms with van der Waals surface area (Å²) in [4.78, 5) is 26.2. The molecule has 0 spiro atoms. The molecule has 1 unspecified atom stereocenters. The SMILES string of the molecule is CCS(=O)(=O)c1ccc(C(C)NC(=O)N2C[C@@H]3CCC[C@@]3(C(=O)O)C2)cc1. The molecule has 1 aliphatic heterocycles. The second-order valence-corrected chi connectivity index (χ2v) is 9.85. The molecular weight excluding hydrogens is 368 g/mol. The summed E-state index contributed by atoms with van der Waals surface area (Å²) < 4.78 is 23.8. The molecule has 2 fully saturated rings. The van der Waals surface area contributed by atoms with Crippen molar-refractivity contribution in [3.63, 3.8) is 0 Å². The number of aliphatic carboxylic acids is 1. The fourth-order valence-electron chi connectivity index (χ4n) is 4.28. The minimum absolute atomic E-state index is 0.0228. The smallest absolute Gasteiger partial charge is 0.317 e. The number of sulfone groups is 1. The van der Waals surface area contributed by atoms with E-state index in [4.69, 9.17) is 0 Å². The molecule has 1 aromatic rings. The number of carbonyl (C=O) groups excluding carboxylic acids is 1. The zero-order chi connectivity index (χ0) is 19.8. The maximum Gasteiger partial charge on any atom is 0.317 e. The van der Waals surface area contributed by atoms with Gasteiger partial charge >= 0.3 is 12.0 Å². The van der Waals surface area contributed by atoms with Crippen LogP contribution in [0.5, 0.6) is 0 Å². The first kappa shape index (κ1) is 19.7. The highest BCUT2D eigenvalue weighted by Crippen LogP contribution is 2.48. The molecule has 2 amide bonds. The van der Waals surface area contributed by atoms with Gasteiger partial charge in [-0.2, -0.15) is 0 Å². The first-order valence-corrected chi connectivity index (χ1v) is 11.0. The standard InChI is InChI=1S/C19H26N2O5S/c1-3-27(25,26)16-8-6-14(7-9-16)13(2)20-18(24)21-11-15-5-4-10-19(15,12-21)17(22)23/h6-9,13,15H,3-5,10-12H2,1-2H3,(H,20,24)(H,22,23)/t13?,15-,19+/m0/s1. The summed E-state index contributed by atoms with van der Waals surface area (Å²) in [5.41, 5.74) is 0.00208. The molecule has 3 atom stereocenters. The van der Waals surface area contributed by atoms with Crippen LogP contribution in [0.15, 0.2) is 29.2 Å². The molecule has 1 aromatic carbocycles. The predicted molar refractivity (Wildman–Crippen MR) is 100 cm³/mol.